The van der Waals surface area contributed by atoms with Crippen molar-refractivity contribution in [2.75, 3.05) is 12.4 Å². The first-order valence-corrected chi connectivity index (χ1v) is 7.59. The van der Waals surface area contributed by atoms with Crippen LogP contribution < -0.4 is 10.1 Å². The Balaban J connectivity index is 1.93. The molecule has 0 bridgehead atoms. The first-order valence-electron chi connectivity index (χ1n) is 6.71. The highest BCUT2D eigenvalue weighted by Gasteiger charge is 2.25. The molecule has 0 radical (unpaired) electrons. The molecule has 0 aromatic carbocycles. The predicted octanol–water partition coefficient (Wildman–Crippen LogP) is 3.55. The third kappa shape index (κ3) is 2.69. The molecule has 0 spiro atoms. The molecule has 1 aliphatic carbocycles. The molecule has 3 rings (SSSR count). The number of hydrogen-bond donors (Lipinski definition) is 1. The molecule has 0 aliphatic heterocycles. The summed E-state index contributed by atoms with van der Waals surface area (Å²) in [5, 5.41) is 16.4. The maximum Gasteiger partial charge on any atom is 0.311 e. The third-order valence-corrected chi connectivity index (χ3v) is 4.61. The van der Waals surface area contributed by atoms with Gasteiger partial charge >= 0.3 is 5.69 Å². The Bertz CT molecular complexity index is 671. The van der Waals surface area contributed by atoms with Crippen LogP contribution in [0.5, 0.6) is 5.88 Å². The average Bonchev–Trinajstić information content (AvgIpc) is 2.96. The van der Waals surface area contributed by atoms with Gasteiger partial charge in [0.25, 0.3) is 0 Å². The van der Waals surface area contributed by atoms with Gasteiger partial charge in [0.2, 0.25) is 11.7 Å². The minimum atomic E-state index is -0.424. The van der Waals surface area contributed by atoms with Crippen LogP contribution in [0.4, 0.5) is 11.5 Å². The van der Waals surface area contributed by atoms with Gasteiger partial charge in [0.1, 0.15) is 0 Å². The zero-order chi connectivity index (χ0) is 14.8. The highest BCUT2D eigenvalue weighted by molar-refractivity contribution is 7.10. The van der Waals surface area contributed by atoms with Crippen LogP contribution in [0.3, 0.4) is 0 Å². The van der Waals surface area contributed by atoms with Crippen LogP contribution >= 0.6 is 11.3 Å². The van der Waals surface area contributed by atoms with Crippen LogP contribution in [0, 0.1) is 10.1 Å². The van der Waals surface area contributed by atoms with E-state index in [1.165, 1.54) is 29.7 Å². The largest absolute Gasteiger partial charge is 0.481 e. The second-order valence-corrected chi connectivity index (χ2v) is 5.87. The summed E-state index contributed by atoms with van der Waals surface area (Å²) in [6.45, 7) is 0. The van der Waals surface area contributed by atoms with Crippen LogP contribution in [-0.2, 0) is 6.42 Å². The number of thiophene rings is 1. The van der Waals surface area contributed by atoms with Gasteiger partial charge in [-0.3, -0.25) is 10.1 Å². The van der Waals surface area contributed by atoms with Crippen molar-refractivity contribution in [2.45, 2.75) is 25.3 Å². The van der Waals surface area contributed by atoms with Crippen LogP contribution in [0.15, 0.2) is 23.6 Å². The first kappa shape index (κ1) is 13.8. The highest BCUT2D eigenvalue weighted by Crippen LogP contribution is 2.37. The second-order valence-electron chi connectivity index (χ2n) is 4.87. The number of anilines is 1. The molecule has 2 aromatic rings. The number of aromatic nitrogens is 1. The van der Waals surface area contributed by atoms with E-state index in [1.807, 2.05) is 0 Å². The van der Waals surface area contributed by atoms with Gasteiger partial charge in [-0.05, 0) is 36.3 Å². The van der Waals surface area contributed by atoms with Crippen LogP contribution in [0.2, 0.25) is 0 Å². The number of pyridine rings is 1. The molecule has 0 fully saturated rings. The average molecular weight is 305 g/mol. The molecular weight excluding hydrogens is 290 g/mol. The minimum Gasteiger partial charge on any atom is -0.481 e. The lowest BCUT2D eigenvalue weighted by molar-refractivity contribution is -0.384. The Morgan fingerprint density at radius 3 is 3.10 bits per heavy atom. The fourth-order valence-corrected chi connectivity index (χ4v) is 3.59. The summed E-state index contributed by atoms with van der Waals surface area (Å²) in [6, 6.07) is 5.08. The molecule has 0 saturated heterocycles. The van der Waals surface area contributed by atoms with E-state index in [0.29, 0.717) is 5.88 Å². The maximum atomic E-state index is 11.1. The van der Waals surface area contributed by atoms with Crippen LogP contribution in [0.1, 0.15) is 29.3 Å². The van der Waals surface area contributed by atoms with Crippen molar-refractivity contribution < 1.29 is 9.66 Å². The molecule has 0 saturated carbocycles. The Labute approximate surface area is 125 Å². The topological polar surface area (TPSA) is 77.3 Å². The van der Waals surface area contributed by atoms with Gasteiger partial charge in [-0.15, -0.1) is 11.3 Å². The fourth-order valence-electron chi connectivity index (χ4n) is 2.60. The number of aryl methyl sites for hydroxylation is 1. The van der Waals surface area contributed by atoms with E-state index in [-0.39, 0.29) is 17.5 Å². The second kappa shape index (κ2) is 5.69. The van der Waals surface area contributed by atoms with Gasteiger partial charge in [-0.1, -0.05) is 0 Å². The Morgan fingerprint density at radius 1 is 1.48 bits per heavy atom. The predicted molar refractivity (Wildman–Crippen MR) is 81.1 cm³/mol. The summed E-state index contributed by atoms with van der Waals surface area (Å²) in [4.78, 5) is 16.3. The van der Waals surface area contributed by atoms with E-state index in [1.54, 1.807) is 11.3 Å². The minimum absolute atomic E-state index is 0.0295. The summed E-state index contributed by atoms with van der Waals surface area (Å²) in [7, 11) is 1.50. The summed E-state index contributed by atoms with van der Waals surface area (Å²) < 4.78 is 5.06. The standard InChI is InChI=1S/C14H15N3O3S/c1-20-13-6-5-11(17(18)19)14(16-13)15-10-3-2-4-12-9(10)7-8-21-12/h5-8,10H,2-4H2,1H3,(H,15,16). The number of ether oxygens (including phenoxy) is 1. The molecular formula is C14H15N3O3S. The molecule has 1 aliphatic rings. The van der Waals surface area contributed by atoms with Gasteiger partial charge in [-0.2, -0.15) is 4.98 Å². The third-order valence-electron chi connectivity index (χ3n) is 3.62. The van der Waals surface area contributed by atoms with Gasteiger partial charge in [0.05, 0.1) is 18.1 Å². The number of nitro groups is 1. The van der Waals surface area contributed by atoms with Crippen molar-refractivity contribution in [3.05, 3.63) is 44.1 Å². The fraction of sp³-hybridized carbons (Fsp3) is 0.357. The number of hydrogen-bond acceptors (Lipinski definition) is 6. The summed E-state index contributed by atoms with van der Waals surface area (Å²) in [6.07, 6.45) is 3.10. The zero-order valence-corrected chi connectivity index (χ0v) is 12.4. The van der Waals surface area contributed by atoms with Crippen molar-refractivity contribution in [2.24, 2.45) is 0 Å². The highest BCUT2D eigenvalue weighted by atomic mass is 32.1. The SMILES string of the molecule is COc1ccc([N+](=O)[O-])c(NC2CCCc3sccc32)n1. The molecule has 21 heavy (non-hydrogen) atoms. The molecule has 7 heteroatoms. The van der Waals surface area contributed by atoms with Crippen molar-refractivity contribution in [3.63, 3.8) is 0 Å². The van der Waals surface area contributed by atoms with Crippen molar-refractivity contribution in [1.82, 2.24) is 4.98 Å². The number of rotatable bonds is 4. The number of nitrogens with one attached hydrogen (secondary N) is 1. The molecule has 110 valence electrons. The normalized spacial score (nSPS) is 17.1. The van der Waals surface area contributed by atoms with Crippen LogP contribution in [0.25, 0.3) is 0 Å². The molecule has 1 atom stereocenters. The van der Waals surface area contributed by atoms with Gasteiger partial charge in [0.15, 0.2) is 0 Å². The number of nitrogens with zero attached hydrogens (tertiary/aromatic N) is 2. The van der Waals surface area contributed by atoms with E-state index >= 15 is 0 Å². The van der Waals surface area contributed by atoms with E-state index < -0.39 is 4.92 Å². The van der Waals surface area contributed by atoms with Crippen molar-refractivity contribution in [3.8, 4) is 5.88 Å². The van der Waals surface area contributed by atoms with Gasteiger partial charge < -0.3 is 10.1 Å². The summed E-state index contributed by atoms with van der Waals surface area (Å²) >= 11 is 1.74. The molecule has 2 heterocycles. The quantitative estimate of drug-likeness (QED) is 0.690. The molecule has 1 N–H and O–H groups in total. The summed E-state index contributed by atoms with van der Waals surface area (Å²) in [5.41, 5.74) is 1.20. The first-order chi connectivity index (χ1) is 10.2. The summed E-state index contributed by atoms with van der Waals surface area (Å²) in [5.74, 6) is 0.632. The van der Waals surface area contributed by atoms with Crippen molar-refractivity contribution in [1.29, 1.82) is 0 Å². The Kier molecular flexibility index (Phi) is 3.74. The molecule has 6 nitrogen and oxygen atoms in total. The van der Waals surface area contributed by atoms with Crippen molar-refractivity contribution >= 4 is 22.8 Å². The lowest BCUT2D eigenvalue weighted by atomic mass is 9.94. The smallest absolute Gasteiger partial charge is 0.311 e. The van der Waals surface area contributed by atoms with E-state index in [2.05, 4.69) is 21.7 Å². The molecule has 0 amide bonds. The Hall–Kier alpha value is -2.15. The van der Waals surface area contributed by atoms with E-state index in [0.717, 1.165) is 19.3 Å². The van der Waals surface area contributed by atoms with E-state index in [4.69, 9.17) is 4.74 Å². The van der Waals surface area contributed by atoms with Crippen LogP contribution in [-0.4, -0.2) is 17.0 Å². The monoisotopic (exact) mass is 305 g/mol. The lowest BCUT2D eigenvalue weighted by Gasteiger charge is -2.24. The number of fused-ring (bicyclic) bond motifs is 1. The molecule has 1 unspecified atom stereocenters. The Morgan fingerprint density at radius 2 is 2.33 bits per heavy atom. The van der Waals surface area contributed by atoms with Gasteiger partial charge in [0, 0.05) is 17.0 Å². The maximum absolute atomic E-state index is 11.1. The lowest BCUT2D eigenvalue weighted by Crippen LogP contribution is -2.17. The van der Waals surface area contributed by atoms with Gasteiger partial charge in [-0.25, -0.2) is 0 Å². The van der Waals surface area contributed by atoms with E-state index in [9.17, 15) is 10.1 Å². The molecule has 2 aromatic heterocycles. The number of methoxy groups -OCH3 is 1. The zero-order valence-electron chi connectivity index (χ0n) is 11.5.